The van der Waals surface area contributed by atoms with E-state index < -0.39 is 0 Å². The quantitative estimate of drug-likeness (QED) is 0.772. The monoisotopic (exact) mass is 258 g/mol. The van der Waals surface area contributed by atoms with Gasteiger partial charge in [-0.05, 0) is 43.7 Å². The molecule has 2 rings (SSSR count). The fraction of sp³-hybridized carbons (Fsp3) is 0.188. The summed E-state index contributed by atoms with van der Waals surface area (Å²) in [6.45, 7) is 3.87. The summed E-state index contributed by atoms with van der Waals surface area (Å²) in [5, 5.41) is 0. The average Bonchev–Trinajstić information content (AvgIpc) is 2.39. The topological polar surface area (TPSA) is 26.3 Å². The number of para-hydroxylation sites is 1. The Kier molecular flexibility index (Phi) is 3.95. The van der Waals surface area contributed by atoms with Gasteiger partial charge in [0.2, 0.25) is 0 Å². The zero-order valence-electron chi connectivity index (χ0n) is 10.9. The first-order valence-corrected chi connectivity index (χ1v) is 6.16. The van der Waals surface area contributed by atoms with E-state index in [1.54, 1.807) is 0 Å². The van der Waals surface area contributed by atoms with Crippen LogP contribution in [0.25, 0.3) is 11.1 Å². The van der Waals surface area contributed by atoms with E-state index in [9.17, 15) is 9.18 Å². The molecule has 2 aromatic rings. The van der Waals surface area contributed by atoms with Crippen molar-refractivity contribution in [1.82, 2.24) is 0 Å². The Bertz CT molecular complexity index is 605. The molecule has 0 saturated heterocycles. The SMILES string of the molecule is CCOc1ccccc1-c1cc(F)ccc1C(C)=O. The lowest BCUT2D eigenvalue weighted by Gasteiger charge is -2.12. The minimum Gasteiger partial charge on any atom is -0.493 e. The highest BCUT2D eigenvalue weighted by Gasteiger charge is 2.13. The van der Waals surface area contributed by atoms with Crippen LogP contribution in [0.3, 0.4) is 0 Å². The molecule has 0 aliphatic rings. The first-order chi connectivity index (χ1) is 9.13. The lowest BCUT2D eigenvalue weighted by Crippen LogP contribution is -1.99. The molecule has 2 aromatic carbocycles. The molecule has 0 atom stereocenters. The van der Waals surface area contributed by atoms with Crippen LogP contribution in [-0.2, 0) is 0 Å². The summed E-state index contributed by atoms with van der Waals surface area (Å²) >= 11 is 0. The minimum atomic E-state index is -0.369. The second-order valence-corrected chi connectivity index (χ2v) is 4.18. The van der Waals surface area contributed by atoms with Crippen LogP contribution in [0.2, 0.25) is 0 Å². The summed E-state index contributed by atoms with van der Waals surface area (Å²) in [7, 11) is 0. The maximum Gasteiger partial charge on any atom is 0.160 e. The van der Waals surface area contributed by atoms with Gasteiger partial charge in [-0.15, -0.1) is 0 Å². The third-order valence-electron chi connectivity index (χ3n) is 2.84. The zero-order valence-corrected chi connectivity index (χ0v) is 10.9. The largest absolute Gasteiger partial charge is 0.493 e. The van der Waals surface area contributed by atoms with E-state index in [0.717, 1.165) is 5.56 Å². The molecule has 98 valence electrons. The summed E-state index contributed by atoms with van der Waals surface area (Å²) < 4.78 is 19.0. The van der Waals surface area contributed by atoms with Gasteiger partial charge >= 0.3 is 0 Å². The third kappa shape index (κ3) is 2.81. The first kappa shape index (κ1) is 13.3. The smallest absolute Gasteiger partial charge is 0.160 e. The molecule has 0 saturated carbocycles. The highest BCUT2D eigenvalue weighted by molar-refractivity contribution is 6.01. The predicted octanol–water partition coefficient (Wildman–Crippen LogP) is 4.09. The van der Waals surface area contributed by atoms with Crippen LogP contribution < -0.4 is 4.74 Å². The molecular weight excluding hydrogens is 243 g/mol. The second kappa shape index (κ2) is 5.65. The van der Waals surface area contributed by atoms with Crippen LogP contribution >= 0.6 is 0 Å². The molecule has 0 unspecified atom stereocenters. The fourth-order valence-corrected chi connectivity index (χ4v) is 2.02. The van der Waals surface area contributed by atoms with Crippen molar-refractivity contribution >= 4 is 5.78 Å². The highest BCUT2D eigenvalue weighted by Crippen LogP contribution is 2.33. The van der Waals surface area contributed by atoms with Crippen LogP contribution in [-0.4, -0.2) is 12.4 Å². The van der Waals surface area contributed by atoms with Crippen molar-refractivity contribution in [2.24, 2.45) is 0 Å². The molecule has 0 spiro atoms. The minimum absolute atomic E-state index is 0.0960. The van der Waals surface area contributed by atoms with E-state index >= 15 is 0 Å². The number of Topliss-reactive ketones (excluding diaryl/α,β-unsaturated/α-hetero) is 1. The summed E-state index contributed by atoms with van der Waals surface area (Å²) in [6, 6.07) is 11.5. The fourth-order valence-electron chi connectivity index (χ4n) is 2.02. The van der Waals surface area contributed by atoms with E-state index in [4.69, 9.17) is 4.74 Å². The number of rotatable bonds is 4. The highest BCUT2D eigenvalue weighted by atomic mass is 19.1. The van der Waals surface area contributed by atoms with Crippen LogP contribution in [0, 0.1) is 5.82 Å². The number of carbonyl (C=O) groups excluding carboxylic acids is 1. The van der Waals surface area contributed by atoms with Crippen molar-refractivity contribution in [2.45, 2.75) is 13.8 Å². The molecule has 0 heterocycles. The molecule has 0 aliphatic carbocycles. The maximum atomic E-state index is 13.5. The number of benzene rings is 2. The van der Waals surface area contributed by atoms with Gasteiger partial charge < -0.3 is 4.74 Å². The Morgan fingerprint density at radius 3 is 2.58 bits per heavy atom. The first-order valence-electron chi connectivity index (χ1n) is 6.16. The number of ether oxygens (including phenoxy) is 1. The van der Waals surface area contributed by atoms with Crippen LogP contribution in [0.4, 0.5) is 4.39 Å². The van der Waals surface area contributed by atoms with E-state index in [1.807, 2.05) is 31.2 Å². The number of carbonyl (C=O) groups is 1. The normalized spacial score (nSPS) is 10.3. The van der Waals surface area contributed by atoms with Gasteiger partial charge in [0.1, 0.15) is 11.6 Å². The third-order valence-corrected chi connectivity index (χ3v) is 2.84. The van der Waals surface area contributed by atoms with Crippen molar-refractivity contribution < 1.29 is 13.9 Å². The summed E-state index contributed by atoms with van der Waals surface area (Å²) in [5.74, 6) is 0.186. The number of hydrogen-bond acceptors (Lipinski definition) is 2. The van der Waals surface area contributed by atoms with Gasteiger partial charge in [0.15, 0.2) is 5.78 Å². The molecule has 2 nitrogen and oxygen atoms in total. The molecule has 3 heteroatoms. The Morgan fingerprint density at radius 2 is 1.89 bits per heavy atom. The molecule has 0 radical (unpaired) electrons. The van der Waals surface area contributed by atoms with Gasteiger partial charge in [0, 0.05) is 11.1 Å². The Morgan fingerprint density at radius 1 is 1.16 bits per heavy atom. The van der Waals surface area contributed by atoms with Crippen LogP contribution in [0.1, 0.15) is 24.2 Å². The molecule has 0 amide bonds. The van der Waals surface area contributed by atoms with Gasteiger partial charge in [-0.3, -0.25) is 4.79 Å². The van der Waals surface area contributed by atoms with Gasteiger partial charge in [-0.1, -0.05) is 18.2 Å². The van der Waals surface area contributed by atoms with Gasteiger partial charge in [0.25, 0.3) is 0 Å². The van der Waals surface area contributed by atoms with E-state index in [0.29, 0.717) is 23.5 Å². The molecule has 0 aliphatic heterocycles. The molecule has 0 bridgehead atoms. The Balaban J connectivity index is 2.64. The standard InChI is InChI=1S/C16H15FO2/c1-3-19-16-7-5-4-6-14(16)15-10-12(17)8-9-13(15)11(2)18/h4-10H,3H2,1-2H3. The van der Waals surface area contributed by atoms with E-state index in [1.165, 1.54) is 25.1 Å². The summed E-state index contributed by atoms with van der Waals surface area (Å²) in [4.78, 5) is 11.7. The zero-order chi connectivity index (χ0) is 13.8. The number of halogens is 1. The van der Waals surface area contributed by atoms with Crippen molar-refractivity contribution in [3.05, 3.63) is 53.8 Å². The van der Waals surface area contributed by atoms with Crippen molar-refractivity contribution in [1.29, 1.82) is 0 Å². The Labute approximate surface area is 111 Å². The van der Waals surface area contributed by atoms with Gasteiger partial charge in [0.05, 0.1) is 6.61 Å². The van der Waals surface area contributed by atoms with E-state index in [2.05, 4.69) is 0 Å². The van der Waals surface area contributed by atoms with Crippen LogP contribution in [0.5, 0.6) is 5.75 Å². The Hall–Kier alpha value is -2.16. The summed E-state index contributed by atoms with van der Waals surface area (Å²) in [6.07, 6.45) is 0. The lowest BCUT2D eigenvalue weighted by molar-refractivity contribution is 0.101. The number of hydrogen-bond donors (Lipinski definition) is 0. The summed E-state index contributed by atoms with van der Waals surface area (Å²) in [5.41, 5.74) is 1.79. The van der Waals surface area contributed by atoms with E-state index in [-0.39, 0.29) is 11.6 Å². The molecule has 19 heavy (non-hydrogen) atoms. The van der Waals surface area contributed by atoms with Crippen molar-refractivity contribution in [3.63, 3.8) is 0 Å². The molecular formula is C16H15FO2. The predicted molar refractivity (Wildman–Crippen MR) is 73.0 cm³/mol. The second-order valence-electron chi connectivity index (χ2n) is 4.18. The van der Waals surface area contributed by atoms with Gasteiger partial charge in [-0.25, -0.2) is 4.39 Å². The lowest BCUT2D eigenvalue weighted by atomic mass is 9.96. The number of ketones is 1. The molecule has 0 aromatic heterocycles. The average molecular weight is 258 g/mol. The molecule has 0 N–H and O–H groups in total. The van der Waals surface area contributed by atoms with Crippen molar-refractivity contribution in [2.75, 3.05) is 6.61 Å². The van der Waals surface area contributed by atoms with Crippen LogP contribution in [0.15, 0.2) is 42.5 Å². The maximum absolute atomic E-state index is 13.5. The van der Waals surface area contributed by atoms with Gasteiger partial charge in [-0.2, -0.15) is 0 Å². The van der Waals surface area contributed by atoms with Crippen molar-refractivity contribution in [3.8, 4) is 16.9 Å². The molecule has 0 fully saturated rings.